The van der Waals surface area contributed by atoms with Gasteiger partial charge >= 0.3 is 0 Å². The third-order valence-electron chi connectivity index (χ3n) is 3.66. The number of terminal acetylenes is 1. The number of hydrogen-bond acceptors (Lipinski definition) is 2. The van der Waals surface area contributed by atoms with Crippen molar-refractivity contribution in [2.45, 2.75) is 31.7 Å². The summed E-state index contributed by atoms with van der Waals surface area (Å²) in [6.45, 7) is 3.48. The van der Waals surface area contributed by atoms with Gasteiger partial charge in [-0.05, 0) is 44.2 Å². The van der Waals surface area contributed by atoms with Gasteiger partial charge in [0.1, 0.15) is 0 Å². The molecule has 1 saturated carbocycles. The van der Waals surface area contributed by atoms with Gasteiger partial charge in [-0.25, -0.2) is 0 Å². The predicted molar refractivity (Wildman–Crippen MR) is 58.9 cm³/mol. The molecular formula is C12H20N2. The van der Waals surface area contributed by atoms with E-state index in [9.17, 15) is 0 Å². The molecule has 0 aromatic carbocycles. The van der Waals surface area contributed by atoms with Crippen molar-refractivity contribution in [1.29, 1.82) is 0 Å². The summed E-state index contributed by atoms with van der Waals surface area (Å²) in [7, 11) is 0. The number of nitrogens with one attached hydrogen (secondary N) is 2. The van der Waals surface area contributed by atoms with E-state index in [0.717, 1.165) is 30.8 Å². The van der Waals surface area contributed by atoms with Gasteiger partial charge in [0.05, 0.1) is 0 Å². The Bertz CT molecular complexity index is 219. The van der Waals surface area contributed by atoms with Crippen LogP contribution in [0.3, 0.4) is 0 Å². The van der Waals surface area contributed by atoms with Gasteiger partial charge in [-0.2, -0.15) is 0 Å². The minimum atomic E-state index is 0.726. The van der Waals surface area contributed by atoms with E-state index in [1.807, 2.05) is 0 Å². The number of hydrogen-bond donors (Lipinski definition) is 2. The van der Waals surface area contributed by atoms with Crippen LogP contribution in [0.25, 0.3) is 0 Å². The van der Waals surface area contributed by atoms with E-state index in [-0.39, 0.29) is 0 Å². The normalized spacial score (nSPS) is 36.4. The van der Waals surface area contributed by atoms with Crippen LogP contribution in [-0.4, -0.2) is 25.7 Å². The second-order valence-electron chi connectivity index (χ2n) is 4.60. The molecule has 0 spiro atoms. The maximum atomic E-state index is 5.23. The van der Waals surface area contributed by atoms with Gasteiger partial charge in [0.15, 0.2) is 0 Å². The average Bonchev–Trinajstić information content (AvgIpc) is 2.65. The molecule has 3 unspecified atom stereocenters. The van der Waals surface area contributed by atoms with Crippen LogP contribution in [0.15, 0.2) is 0 Å². The van der Waals surface area contributed by atoms with Crippen molar-refractivity contribution in [1.82, 2.24) is 10.6 Å². The van der Waals surface area contributed by atoms with Gasteiger partial charge in [0.2, 0.25) is 0 Å². The van der Waals surface area contributed by atoms with Crippen LogP contribution in [0, 0.1) is 24.2 Å². The molecule has 0 bridgehead atoms. The van der Waals surface area contributed by atoms with E-state index >= 15 is 0 Å². The van der Waals surface area contributed by atoms with E-state index in [0.29, 0.717) is 0 Å². The molecule has 2 aliphatic rings. The van der Waals surface area contributed by atoms with E-state index in [4.69, 9.17) is 6.42 Å². The summed E-state index contributed by atoms with van der Waals surface area (Å²) in [5, 5.41) is 7.06. The average molecular weight is 192 g/mol. The summed E-state index contributed by atoms with van der Waals surface area (Å²) in [5.74, 6) is 4.56. The monoisotopic (exact) mass is 192 g/mol. The molecule has 0 aromatic rings. The summed E-state index contributed by atoms with van der Waals surface area (Å²) in [6.07, 6.45) is 10.2. The van der Waals surface area contributed by atoms with Gasteiger partial charge in [0, 0.05) is 19.0 Å². The topological polar surface area (TPSA) is 24.1 Å². The zero-order chi connectivity index (χ0) is 9.80. The summed E-state index contributed by atoms with van der Waals surface area (Å²) in [5.41, 5.74) is 0. The standard InChI is InChI=1S/C12H20N2/c1-2-3-6-14-12-5-4-10-8-13-9-11(10)7-12/h1,10-14H,3-9H2. The van der Waals surface area contributed by atoms with Gasteiger partial charge in [-0.15, -0.1) is 12.3 Å². The van der Waals surface area contributed by atoms with E-state index in [2.05, 4.69) is 16.6 Å². The minimum absolute atomic E-state index is 0.726. The molecule has 3 atom stereocenters. The zero-order valence-electron chi connectivity index (χ0n) is 8.76. The predicted octanol–water partition coefficient (Wildman–Crippen LogP) is 0.987. The first-order valence-electron chi connectivity index (χ1n) is 5.77. The van der Waals surface area contributed by atoms with Crippen LogP contribution in [0.4, 0.5) is 0 Å². The molecule has 2 fully saturated rings. The van der Waals surface area contributed by atoms with Crippen molar-refractivity contribution in [2.24, 2.45) is 11.8 Å². The highest BCUT2D eigenvalue weighted by Crippen LogP contribution is 2.32. The third-order valence-corrected chi connectivity index (χ3v) is 3.66. The van der Waals surface area contributed by atoms with Crippen molar-refractivity contribution in [2.75, 3.05) is 19.6 Å². The summed E-state index contributed by atoms with van der Waals surface area (Å²) < 4.78 is 0. The Morgan fingerprint density at radius 2 is 2.14 bits per heavy atom. The molecule has 0 aromatic heterocycles. The lowest BCUT2D eigenvalue weighted by atomic mass is 9.79. The van der Waals surface area contributed by atoms with Gasteiger partial charge in [-0.1, -0.05) is 0 Å². The van der Waals surface area contributed by atoms with Crippen LogP contribution >= 0.6 is 0 Å². The molecular weight excluding hydrogens is 172 g/mol. The second-order valence-corrected chi connectivity index (χ2v) is 4.60. The molecule has 1 aliphatic carbocycles. The van der Waals surface area contributed by atoms with Gasteiger partial charge in [0.25, 0.3) is 0 Å². The van der Waals surface area contributed by atoms with Gasteiger partial charge in [-0.3, -0.25) is 0 Å². The van der Waals surface area contributed by atoms with Crippen LogP contribution in [0.1, 0.15) is 25.7 Å². The van der Waals surface area contributed by atoms with Crippen molar-refractivity contribution in [3.05, 3.63) is 0 Å². The lowest BCUT2D eigenvalue weighted by molar-refractivity contribution is 0.244. The Kier molecular flexibility index (Phi) is 3.44. The summed E-state index contributed by atoms with van der Waals surface area (Å²) in [6, 6.07) is 0.726. The fourth-order valence-corrected chi connectivity index (χ4v) is 2.83. The highest BCUT2D eigenvalue weighted by Gasteiger charge is 2.33. The number of fused-ring (bicyclic) bond motifs is 1. The maximum Gasteiger partial charge on any atom is 0.0211 e. The van der Waals surface area contributed by atoms with Crippen LogP contribution < -0.4 is 10.6 Å². The summed E-state index contributed by atoms with van der Waals surface area (Å²) in [4.78, 5) is 0. The van der Waals surface area contributed by atoms with Crippen molar-refractivity contribution < 1.29 is 0 Å². The fourth-order valence-electron chi connectivity index (χ4n) is 2.83. The quantitative estimate of drug-likeness (QED) is 0.515. The van der Waals surface area contributed by atoms with Crippen LogP contribution in [0.5, 0.6) is 0 Å². The Morgan fingerprint density at radius 1 is 1.29 bits per heavy atom. The molecule has 2 rings (SSSR count). The van der Waals surface area contributed by atoms with Crippen molar-refractivity contribution in [3.63, 3.8) is 0 Å². The fraction of sp³-hybridized carbons (Fsp3) is 0.833. The third kappa shape index (κ3) is 2.29. The molecule has 1 heterocycles. The Labute approximate surface area is 86.8 Å². The number of rotatable bonds is 3. The van der Waals surface area contributed by atoms with Crippen molar-refractivity contribution in [3.8, 4) is 12.3 Å². The van der Waals surface area contributed by atoms with E-state index < -0.39 is 0 Å². The molecule has 2 nitrogen and oxygen atoms in total. The molecule has 78 valence electrons. The SMILES string of the molecule is C#CCCNC1CCC2CNCC2C1. The molecule has 2 heteroatoms. The largest absolute Gasteiger partial charge is 0.316 e. The maximum absolute atomic E-state index is 5.23. The molecule has 1 aliphatic heterocycles. The summed E-state index contributed by atoms with van der Waals surface area (Å²) >= 11 is 0. The van der Waals surface area contributed by atoms with Crippen LogP contribution in [0.2, 0.25) is 0 Å². The van der Waals surface area contributed by atoms with Crippen LogP contribution in [-0.2, 0) is 0 Å². The molecule has 2 N–H and O–H groups in total. The van der Waals surface area contributed by atoms with Gasteiger partial charge < -0.3 is 10.6 Å². The lowest BCUT2D eigenvalue weighted by Crippen LogP contribution is -2.37. The lowest BCUT2D eigenvalue weighted by Gasteiger charge is -2.31. The zero-order valence-corrected chi connectivity index (χ0v) is 8.76. The molecule has 0 radical (unpaired) electrons. The Morgan fingerprint density at radius 3 is 3.00 bits per heavy atom. The van der Waals surface area contributed by atoms with E-state index in [1.165, 1.54) is 32.4 Å². The minimum Gasteiger partial charge on any atom is -0.316 e. The Balaban J connectivity index is 1.72. The Hall–Kier alpha value is -0.520. The molecule has 1 saturated heterocycles. The smallest absolute Gasteiger partial charge is 0.0211 e. The van der Waals surface area contributed by atoms with E-state index in [1.54, 1.807) is 0 Å². The molecule has 14 heavy (non-hydrogen) atoms. The molecule has 0 amide bonds. The highest BCUT2D eigenvalue weighted by atomic mass is 14.9. The second kappa shape index (κ2) is 4.82. The first-order chi connectivity index (χ1) is 6.90. The highest BCUT2D eigenvalue weighted by molar-refractivity contribution is 4.91. The van der Waals surface area contributed by atoms with Crippen molar-refractivity contribution >= 4 is 0 Å². The first kappa shape index (κ1) is 10.0. The first-order valence-corrected chi connectivity index (χ1v) is 5.77.